The van der Waals surface area contributed by atoms with Crippen molar-refractivity contribution in [2.45, 2.75) is 25.5 Å². The van der Waals surface area contributed by atoms with Crippen LogP contribution in [-0.4, -0.2) is 23.7 Å². The van der Waals surface area contributed by atoms with E-state index in [2.05, 4.69) is 5.32 Å². The number of para-hydroxylation sites is 1. The number of carbonyl (C=O) groups is 1. The summed E-state index contributed by atoms with van der Waals surface area (Å²) in [5.74, 6) is 0.922. The molecule has 2 unspecified atom stereocenters. The van der Waals surface area contributed by atoms with E-state index in [1.54, 1.807) is 24.3 Å². The Kier molecular flexibility index (Phi) is 5.40. The Labute approximate surface area is 123 Å². The summed E-state index contributed by atoms with van der Waals surface area (Å²) in [7, 11) is 0. The average Bonchev–Trinajstić information content (AvgIpc) is 3.00. The lowest BCUT2D eigenvalue weighted by Crippen LogP contribution is -2.37. The summed E-state index contributed by atoms with van der Waals surface area (Å²) >= 11 is 0. The Morgan fingerprint density at radius 3 is 2.71 bits per heavy atom. The number of aliphatic hydroxyl groups excluding tert-OH is 1. The van der Waals surface area contributed by atoms with Gasteiger partial charge in [-0.25, -0.2) is 0 Å². The number of furan rings is 1. The number of rotatable bonds is 7. The molecule has 0 aliphatic carbocycles. The Bertz CT molecular complexity index is 539. The zero-order chi connectivity index (χ0) is 15.1. The van der Waals surface area contributed by atoms with E-state index in [4.69, 9.17) is 9.15 Å². The van der Waals surface area contributed by atoms with Gasteiger partial charge in [0.15, 0.2) is 6.61 Å². The first-order valence-corrected chi connectivity index (χ1v) is 6.84. The fraction of sp³-hybridized carbons (Fsp3) is 0.312. The van der Waals surface area contributed by atoms with Gasteiger partial charge in [0.25, 0.3) is 5.91 Å². The second-order valence-corrected chi connectivity index (χ2v) is 4.84. The fourth-order valence-corrected chi connectivity index (χ4v) is 1.97. The summed E-state index contributed by atoms with van der Waals surface area (Å²) in [6, 6.07) is 12.4. The summed E-state index contributed by atoms with van der Waals surface area (Å²) in [6.45, 7) is 1.78. The Morgan fingerprint density at radius 1 is 1.29 bits per heavy atom. The topological polar surface area (TPSA) is 71.7 Å². The van der Waals surface area contributed by atoms with E-state index in [9.17, 15) is 9.90 Å². The monoisotopic (exact) mass is 289 g/mol. The van der Waals surface area contributed by atoms with Crippen molar-refractivity contribution in [2.75, 3.05) is 6.61 Å². The molecule has 2 N–H and O–H groups in total. The van der Waals surface area contributed by atoms with Crippen LogP contribution in [0, 0.1) is 0 Å². The van der Waals surface area contributed by atoms with Crippen molar-refractivity contribution in [1.29, 1.82) is 0 Å². The summed E-state index contributed by atoms with van der Waals surface area (Å²) in [5, 5.41) is 12.7. The minimum absolute atomic E-state index is 0.0504. The summed E-state index contributed by atoms with van der Waals surface area (Å²) < 4.78 is 10.5. The number of amides is 1. The van der Waals surface area contributed by atoms with Gasteiger partial charge in [-0.2, -0.15) is 0 Å². The molecule has 0 saturated carbocycles. The second kappa shape index (κ2) is 7.50. The lowest BCUT2D eigenvalue weighted by atomic mass is 10.1. The lowest BCUT2D eigenvalue weighted by molar-refractivity contribution is -0.123. The van der Waals surface area contributed by atoms with Crippen LogP contribution in [0.5, 0.6) is 5.75 Å². The maximum Gasteiger partial charge on any atom is 0.258 e. The molecule has 0 fully saturated rings. The third-order valence-electron chi connectivity index (χ3n) is 2.97. The Balaban J connectivity index is 1.72. The average molecular weight is 289 g/mol. The standard InChI is InChI=1S/C16H19NO4/c1-12(10-14(18)15-8-5-9-20-15)17-16(19)11-21-13-6-3-2-4-7-13/h2-9,12,14,18H,10-11H2,1H3,(H,17,19). The first kappa shape index (κ1) is 15.1. The molecule has 0 aliphatic rings. The normalized spacial score (nSPS) is 13.4. The van der Waals surface area contributed by atoms with Gasteiger partial charge in [0.2, 0.25) is 0 Å². The predicted molar refractivity (Wildman–Crippen MR) is 77.8 cm³/mol. The van der Waals surface area contributed by atoms with E-state index < -0.39 is 6.10 Å². The molecule has 1 amide bonds. The van der Waals surface area contributed by atoms with Gasteiger partial charge < -0.3 is 19.6 Å². The SMILES string of the molecule is CC(CC(O)c1ccco1)NC(=O)COc1ccccc1. The van der Waals surface area contributed by atoms with Gasteiger partial charge in [-0.1, -0.05) is 18.2 Å². The molecule has 0 saturated heterocycles. The zero-order valence-electron chi connectivity index (χ0n) is 11.9. The molecular weight excluding hydrogens is 270 g/mol. The van der Waals surface area contributed by atoms with E-state index >= 15 is 0 Å². The van der Waals surface area contributed by atoms with Crippen molar-refractivity contribution in [2.24, 2.45) is 0 Å². The summed E-state index contributed by atoms with van der Waals surface area (Å²) in [4.78, 5) is 11.8. The molecule has 0 radical (unpaired) electrons. The van der Waals surface area contributed by atoms with Crippen LogP contribution in [0.2, 0.25) is 0 Å². The highest BCUT2D eigenvalue weighted by Gasteiger charge is 2.16. The highest BCUT2D eigenvalue weighted by Crippen LogP contribution is 2.18. The van der Waals surface area contributed by atoms with Crippen LogP contribution in [0.15, 0.2) is 53.1 Å². The first-order valence-electron chi connectivity index (χ1n) is 6.84. The number of benzene rings is 1. The second-order valence-electron chi connectivity index (χ2n) is 4.84. The molecule has 2 rings (SSSR count). The summed E-state index contributed by atoms with van der Waals surface area (Å²) in [5.41, 5.74) is 0. The lowest BCUT2D eigenvalue weighted by Gasteiger charge is -2.16. The van der Waals surface area contributed by atoms with Crippen LogP contribution in [0.3, 0.4) is 0 Å². The van der Waals surface area contributed by atoms with Crippen molar-refractivity contribution < 1.29 is 19.1 Å². The Morgan fingerprint density at radius 2 is 2.05 bits per heavy atom. The zero-order valence-corrected chi connectivity index (χ0v) is 11.9. The van der Waals surface area contributed by atoms with Crippen LogP contribution < -0.4 is 10.1 Å². The highest BCUT2D eigenvalue weighted by atomic mass is 16.5. The van der Waals surface area contributed by atoms with Gasteiger partial charge in [-0.05, 0) is 31.2 Å². The summed E-state index contributed by atoms with van der Waals surface area (Å²) in [6.07, 6.45) is 1.16. The number of carbonyl (C=O) groups excluding carboxylic acids is 1. The van der Waals surface area contributed by atoms with Gasteiger partial charge >= 0.3 is 0 Å². The van der Waals surface area contributed by atoms with Crippen molar-refractivity contribution in [1.82, 2.24) is 5.32 Å². The molecule has 2 aromatic rings. The molecule has 1 aromatic heterocycles. The number of aliphatic hydroxyl groups is 1. The number of hydrogen-bond donors (Lipinski definition) is 2. The van der Waals surface area contributed by atoms with Gasteiger partial charge in [0, 0.05) is 12.5 Å². The minimum Gasteiger partial charge on any atom is -0.484 e. The predicted octanol–water partition coefficient (Wildman–Crippen LogP) is 2.29. The van der Waals surface area contributed by atoms with Crippen molar-refractivity contribution in [3.05, 3.63) is 54.5 Å². The molecule has 5 nitrogen and oxygen atoms in total. The minimum atomic E-state index is -0.731. The quantitative estimate of drug-likeness (QED) is 0.820. The highest BCUT2D eigenvalue weighted by molar-refractivity contribution is 5.77. The maximum absolute atomic E-state index is 11.8. The van der Waals surface area contributed by atoms with E-state index in [1.807, 2.05) is 25.1 Å². The smallest absolute Gasteiger partial charge is 0.258 e. The fourth-order valence-electron chi connectivity index (χ4n) is 1.97. The van der Waals surface area contributed by atoms with Gasteiger partial charge in [-0.15, -0.1) is 0 Å². The van der Waals surface area contributed by atoms with Crippen molar-refractivity contribution >= 4 is 5.91 Å². The van der Waals surface area contributed by atoms with Crippen LogP contribution >= 0.6 is 0 Å². The van der Waals surface area contributed by atoms with Crippen LogP contribution in [-0.2, 0) is 4.79 Å². The molecule has 0 bridgehead atoms. The molecular formula is C16H19NO4. The van der Waals surface area contributed by atoms with E-state index in [0.29, 0.717) is 17.9 Å². The molecule has 5 heteroatoms. The van der Waals surface area contributed by atoms with Crippen LogP contribution in [0.4, 0.5) is 0 Å². The van der Waals surface area contributed by atoms with E-state index in [1.165, 1.54) is 6.26 Å². The van der Waals surface area contributed by atoms with Crippen molar-refractivity contribution in [3.8, 4) is 5.75 Å². The van der Waals surface area contributed by atoms with Crippen LogP contribution in [0.1, 0.15) is 25.2 Å². The third-order valence-corrected chi connectivity index (χ3v) is 2.97. The molecule has 0 spiro atoms. The van der Waals surface area contributed by atoms with Gasteiger partial charge in [0.1, 0.15) is 17.6 Å². The van der Waals surface area contributed by atoms with Gasteiger partial charge in [0.05, 0.1) is 6.26 Å². The van der Waals surface area contributed by atoms with Gasteiger partial charge in [-0.3, -0.25) is 4.79 Å². The third kappa shape index (κ3) is 4.96. The maximum atomic E-state index is 11.8. The number of ether oxygens (including phenoxy) is 1. The molecule has 0 aliphatic heterocycles. The molecule has 21 heavy (non-hydrogen) atoms. The molecule has 1 heterocycles. The van der Waals surface area contributed by atoms with E-state index in [-0.39, 0.29) is 18.6 Å². The van der Waals surface area contributed by atoms with E-state index in [0.717, 1.165) is 0 Å². The number of nitrogens with one attached hydrogen (secondary N) is 1. The Hall–Kier alpha value is -2.27. The number of hydrogen-bond acceptors (Lipinski definition) is 4. The molecule has 1 aromatic carbocycles. The molecule has 112 valence electrons. The van der Waals surface area contributed by atoms with Crippen LogP contribution in [0.25, 0.3) is 0 Å². The largest absolute Gasteiger partial charge is 0.484 e. The van der Waals surface area contributed by atoms with Crippen molar-refractivity contribution in [3.63, 3.8) is 0 Å². The molecule has 2 atom stereocenters. The first-order chi connectivity index (χ1) is 10.1.